The van der Waals surface area contributed by atoms with Gasteiger partial charge in [-0.1, -0.05) is 27.0 Å². The molecule has 2 nitrogen and oxygen atoms in total. The molecular weight excluding hydrogens is 152 g/mol. The van der Waals surface area contributed by atoms with Crippen molar-refractivity contribution in [1.82, 2.24) is 0 Å². The van der Waals surface area contributed by atoms with Crippen LogP contribution in [0.2, 0.25) is 0 Å². The molecule has 0 aliphatic heterocycles. The Kier molecular flexibility index (Phi) is 11.0. The molecular formula is C10H16O2. The minimum absolute atomic E-state index is 0.106. The Morgan fingerprint density at radius 3 is 1.25 bits per heavy atom. The van der Waals surface area contributed by atoms with Gasteiger partial charge in [-0.25, -0.2) is 0 Å². The average Bonchev–Trinajstić information content (AvgIpc) is 2.16. The normalized spacial score (nSPS) is 7.50. The van der Waals surface area contributed by atoms with Crippen molar-refractivity contribution >= 4 is 11.6 Å². The Morgan fingerprint density at radius 2 is 1.25 bits per heavy atom. The molecule has 0 aromatic heterocycles. The number of carbonyl (C=O) groups excluding carboxylic acids is 2. The van der Waals surface area contributed by atoms with Gasteiger partial charge in [-0.2, -0.15) is 0 Å². The minimum atomic E-state index is 0.106. The zero-order valence-electron chi connectivity index (χ0n) is 7.80. The molecule has 0 saturated carbocycles. The van der Waals surface area contributed by atoms with Crippen LogP contribution < -0.4 is 0 Å². The van der Waals surface area contributed by atoms with Gasteiger partial charge in [0.05, 0.1) is 0 Å². The third-order valence-corrected chi connectivity index (χ3v) is 1.15. The monoisotopic (exact) mass is 168 g/mol. The molecule has 0 saturated heterocycles. The topological polar surface area (TPSA) is 34.1 Å². The van der Waals surface area contributed by atoms with E-state index in [0.29, 0.717) is 12.8 Å². The molecule has 0 heterocycles. The quantitative estimate of drug-likeness (QED) is 0.603. The van der Waals surface area contributed by atoms with Gasteiger partial charge in [-0.3, -0.25) is 9.59 Å². The molecule has 0 atom stereocenters. The van der Waals surface area contributed by atoms with E-state index in [1.165, 1.54) is 12.2 Å². The first-order valence-corrected chi connectivity index (χ1v) is 3.92. The minimum Gasteiger partial charge on any atom is -0.295 e. The van der Waals surface area contributed by atoms with Crippen LogP contribution in [0.1, 0.15) is 26.7 Å². The average molecular weight is 168 g/mol. The van der Waals surface area contributed by atoms with Crippen LogP contribution in [0.15, 0.2) is 25.3 Å². The molecule has 0 aliphatic rings. The first-order valence-electron chi connectivity index (χ1n) is 3.92. The maximum absolute atomic E-state index is 10.1. The maximum atomic E-state index is 10.1. The van der Waals surface area contributed by atoms with Crippen LogP contribution in [0, 0.1) is 0 Å². The first kappa shape index (κ1) is 13.4. The summed E-state index contributed by atoms with van der Waals surface area (Å²) >= 11 is 0. The van der Waals surface area contributed by atoms with E-state index < -0.39 is 0 Å². The highest BCUT2D eigenvalue weighted by atomic mass is 16.1. The van der Waals surface area contributed by atoms with Crippen LogP contribution in [0.4, 0.5) is 0 Å². The molecule has 0 fully saturated rings. The third-order valence-electron chi connectivity index (χ3n) is 1.15. The van der Waals surface area contributed by atoms with Gasteiger partial charge < -0.3 is 0 Å². The van der Waals surface area contributed by atoms with Gasteiger partial charge in [-0.05, 0) is 12.2 Å². The molecule has 12 heavy (non-hydrogen) atoms. The van der Waals surface area contributed by atoms with Crippen molar-refractivity contribution in [2.45, 2.75) is 26.7 Å². The number of rotatable bonds is 4. The Labute approximate surface area is 74.0 Å². The van der Waals surface area contributed by atoms with Crippen molar-refractivity contribution in [3.63, 3.8) is 0 Å². The van der Waals surface area contributed by atoms with E-state index in [1.54, 1.807) is 0 Å². The van der Waals surface area contributed by atoms with Gasteiger partial charge in [0.25, 0.3) is 0 Å². The van der Waals surface area contributed by atoms with Crippen molar-refractivity contribution < 1.29 is 9.59 Å². The van der Waals surface area contributed by atoms with Crippen molar-refractivity contribution in [2.75, 3.05) is 0 Å². The van der Waals surface area contributed by atoms with Crippen molar-refractivity contribution in [3.05, 3.63) is 25.3 Å². The van der Waals surface area contributed by atoms with E-state index >= 15 is 0 Å². The van der Waals surface area contributed by atoms with Gasteiger partial charge in [0.15, 0.2) is 11.6 Å². The lowest BCUT2D eigenvalue weighted by Crippen LogP contribution is -1.83. The molecule has 0 amide bonds. The number of hydrogen-bond donors (Lipinski definition) is 0. The fraction of sp³-hybridized carbons (Fsp3) is 0.400. The van der Waals surface area contributed by atoms with Gasteiger partial charge in [-0.15, -0.1) is 0 Å². The predicted octanol–water partition coefficient (Wildman–Crippen LogP) is 2.30. The SMILES string of the molecule is C=CC(=O)CC.C=CC(=O)CC. The summed E-state index contributed by atoms with van der Waals surface area (Å²) in [6.45, 7) is 10.2. The second-order valence-corrected chi connectivity index (χ2v) is 2.05. The Bertz CT molecular complexity index is 149. The summed E-state index contributed by atoms with van der Waals surface area (Å²) in [5.41, 5.74) is 0. The third kappa shape index (κ3) is 11.6. The maximum Gasteiger partial charge on any atom is 0.154 e. The summed E-state index contributed by atoms with van der Waals surface area (Å²) in [6.07, 6.45) is 3.81. The summed E-state index contributed by atoms with van der Waals surface area (Å²) in [7, 11) is 0. The lowest BCUT2D eigenvalue weighted by molar-refractivity contribution is -0.115. The smallest absolute Gasteiger partial charge is 0.154 e. The summed E-state index contributed by atoms with van der Waals surface area (Å²) < 4.78 is 0. The highest BCUT2D eigenvalue weighted by molar-refractivity contribution is 5.88. The fourth-order valence-corrected chi connectivity index (χ4v) is 0.289. The number of allylic oxidation sites excluding steroid dienone is 2. The van der Waals surface area contributed by atoms with Crippen LogP contribution in [-0.4, -0.2) is 11.6 Å². The molecule has 0 rings (SSSR count). The molecule has 0 aliphatic carbocycles. The number of ketones is 2. The van der Waals surface area contributed by atoms with Gasteiger partial charge >= 0.3 is 0 Å². The van der Waals surface area contributed by atoms with Crippen LogP contribution in [-0.2, 0) is 9.59 Å². The van der Waals surface area contributed by atoms with E-state index in [1.807, 2.05) is 13.8 Å². The molecule has 0 aromatic rings. The van der Waals surface area contributed by atoms with E-state index in [9.17, 15) is 9.59 Å². The molecule has 0 radical (unpaired) electrons. The second-order valence-electron chi connectivity index (χ2n) is 2.05. The summed E-state index contributed by atoms with van der Waals surface area (Å²) in [4.78, 5) is 20.1. The molecule has 0 spiro atoms. The number of carbonyl (C=O) groups is 2. The van der Waals surface area contributed by atoms with E-state index in [-0.39, 0.29) is 11.6 Å². The van der Waals surface area contributed by atoms with E-state index in [4.69, 9.17) is 0 Å². The fourth-order valence-electron chi connectivity index (χ4n) is 0.289. The van der Waals surface area contributed by atoms with Crippen LogP contribution in [0.5, 0.6) is 0 Å². The van der Waals surface area contributed by atoms with Crippen LogP contribution in [0.25, 0.3) is 0 Å². The standard InChI is InChI=1S/2C5H8O/c2*1-3-5(6)4-2/h2*3H,1,4H2,2H3. The summed E-state index contributed by atoms with van der Waals surface area (Å²) in [5.74, 6) is 0.213. The summed E-state index contributed by atoms with van der Waals surface area (Å²) in [5, 5.41) is 0. The Hall–Kier alpha value is -1.18. The largest absolute Gasteiger partial charge is 0.295 e. The molecule has 0 bridgehead atoms. The van der Waals surface area contributed by atoms with Gasteiger partial charge in [0.1, 0.15) is 0 Å². The van der Waals surface area contributed by atoms with Crippen LogP contribution >= 0.6 is 0 Å². The lowest BCUT2D eigenvalue weighted by atomic mass is 10.3. The molecule has 2 heteroatoms. The Morgan fingerprint density at radius 1 is 1.00 bits per heavy atom. The first-order chi connectivity index (χ1) is 5.62. The highest BCUT2D eigenvalue weighted by Gasteiger charge is 1.82. The predicted molar refractivity (Wildman–Crippen MR) is 51.0 cm³/mol. The zero-order valence-corrected chi connectivity index (χ0v) is 7.80. The zero-order chi connectivity index (χ0) is 9.98. The molecule has 68 valence electrons. The number of hydrogen-bond acceptors (Lipinski definition) is 2. The lowest BCUT2D eigenvalue weighted by Gasteiger charge is -1.75. The highest BCUT2D eigenvalue weighted by Crippen LogP contribution is 1.77. The van der Waals surface area contributed by atoms with Crippen LogP contribution in [0.3, 0.4) is 0 Å². The van der Waals surface area contributed by atoms with E-state index in [0.717, 1.165) is 0 Å². The summed E-state index contributed by atoms with van der Waals surface area (Å²) in [6, 6.07) is 0. The Balaban J connectivity index is 0. The van der Waals surface area contributed by atoms with Gasteiger partial charge in [0, 0.05) is 12.8 Å². The molecule has 0 unspecified atom stereocenters. The second kappa shape index (κ2) is 9.82. The van der Waals surface area contributed by atoms with E-state index in [2.05, 4.69) is 13.2 Å². The molecule has 0 aromatic carbocycles. The van der Waals surface area contributed by atoms with Crippen molar-refractivity contribution in [3.8, 4) is 0 Å². The molecule has 0 N–H and O–H groups in total. The van der Waals surface area contributed by atoms with Crippen molar-refractivity contribution in [1.29, 1.82) is 0 Å². The van der Waals surface area contributed by atoms with Crippen molar-refractivity contribution in [2.24, 2.45) is 0 Å². The van der Waals surface area contributed by atoms with Gasteiger partial charge in [0.2, 0.25) is 0 Å².